The van der Waals surface area contributed by atoms with Crippen molar-refractivity contribution in [2.75, 3.05) is 25.5 Å². The minimum absolute atomic E-state index is 0.143. The number of nitrogens with zero attached hydrogens (tertiary/aromatic N) is 1. The summed E-state index contributed by atoms with van der Waals surface area (Å²) < 4.78 is 5.15. The van der Waals surface area contributed by atoms with Gasteiger partial charge in [0.1, 0.15) is 5.75 Å². The zero-order chi connectivity index (χ0) is 15.2. The molecular formula is C15H25N3O2. The zero-order valence-corrected chi connectivity index (χ0v) is 12.8. The quantitative estimate of drug-likeness (QED) is 0.841. The van der Waals surface area contributed by atoms with Crippen LogP contribution in [0.3, 0.4) is 0 Å². The summed E-state index contributed by atoms with van der Waals surface area (Å²) in [5.74, 6) is 0.711. The molecule has 0 radical (unpaired) electrons. The molecule has 0 aliphatic rings. The highest BCUT2D eigenvalue weighted by molar-refractivity contribution is 5.90. The van der Waals surface area contributed by atoms with E-state index in [1.165, 1.54) is 0 Å². The molecule has 5 heteroatoms. The second-order valence-corrected chi connectivity index (χ2v) is 5.33. The van der Waals surface area contributed by atoms with Gasteiger partial charge in [-0.1, -0.05) is 13.0 Å². The normalized spacial score (nSPS) is 11.1. The van der Waals surface area contributed by atoms with Gasteiger partial charge in [0.2, 0.25) is 0 Å². The second kappa shape index (κ2) is 7.14. The van der Waals surface area contributed by atoms with Crippen LogP contribution in [0.5, 0.6) is 5.75 Å². The fourth-order valence-corrected chi connectivity index (χ4v) is 1.90. The van der Waals surface area contributed by atoms with Crippen LogP contribution < -0.4 is 15.8 Å². The topological polar surface area (TPSA) is 67.6 Å². The number of carbonyl (C=O) groups is 1. The van der Waals surface area contributed by atoms with E-state index in [4.69, 9.17) is 10.5 Å². The van der Waals surface area contributed by atoms with Crippen LogP contribution in [-0.4, -0.2) is 36.7 Å². The van der Waals surface area contributed by atoms with E-state index in [2.05, 4.69) is 5.32 Å². The van der Waals surface area contributed by atoms with Crippen LogP contribution in [0.4, 0.5) is 10.5 Å². The van der Waals surface area contributed by atoms with Gasteiger partial charge in [-0.2, -0.15) is 0 Å². The Labute approximate surface area is 121 Å². The smallest absolute Gasteiger partial charge is 0.322 e. The van der Waals surface area contributed by atoms with Crippen molar-refractivity contribution in [2.24, 2.45) is 5.73 Å². The van der Waals surface area contributed by atoms with Gasteiger partial charge in [-0.25, -0.2) is 4.79 Å². The summed E-state index contributed by atoms with van der Waals surface area (Å²) in [7, 11) is 1.60. The number of urea groups is 1. The third kappa shape index (κ3) is 4.13. The minimum Gasteiger partial charge on any atom is -0.497 e. The first-order valence-corrected chi connectivity index (χ1v) is 6.87. The molecule has 0 bridgehead atoms. The fourth-order valence-electron chi connectivity index (χ4n) is 1.90. The summed E-state index contributed by atoms with van der Waals surface area (Å²) in [5.41, 5.74) is 6.11. The van der Waals surface area contributed by atoms with E-state index < -0.39 is 0 Å². The Hall–Kier alpha value is -1.75. The van der Waals surface area contributed by atoms with Crippen LogP contribution in [0, 0.1) is 0 Å². The van der Waals surface area contributed by atoms with Crippen molar-refractivity contribution in [3.63, 3.8) is 0 Å². The maximum absolute atomic E-state index is 12.4. The first-order valence-electron chi connectivity index (χ1n) is 6.87. The molecule has 1 aromatic carbocycles. The maximum atomic E-state index is 12.4. The van der Waals surface area contributed by atoms with Gasteiger partial charge in [0.05, 0.1) is 12.6 Å². The molecule has 0 saturated carbocycles. The Kier molecular flexibility index (Phi) is 5.82. The number of methoxy groups -OCH3 is 1. The molecule has 0 atom stereocenters. The molecule has 3 N–H and O–H groups in total. The number of nitrogens with one attached hydrogen (secondary N) is 1. The molecule has 1 aromatic rings. The predicted molar refractivity (Wildman–Crippen MR) is 82.1 cm³/mol. The number of carbonyl (C=O) groups excluding carboxylic acids is 1. The second-order valence-electron chi connectivity index (χ2n) is 5.33. The highest BCUT2D eigenvalue weighted by Crippen LogP contribution is 2.19. The molecule has 20 heavy (non-hydrogen) atoms. The van der Waals surface area contributed by atoms with E-state index in [1.807, 2.05) is 39.0 Å². The van der Waals surface area contributed by atoms with E-state index in [0.717, 1.165) is 6.42 Å². The first-order chi connectivity index (χ1) is 9.44. The van der Waals surface area contributed by atoms with Crippen LogP contribution in [-0.2, 0) is 0 Å². The van der Waals surface area contributed by atoms with E-state index >= 15 is 0 Å². The highest BCUT2D eigenvalue weighted by Gasteiger charge is 2.28. The number of hydrogen-bond acceptors (Lipinski definition) is 3. The van der Waals surface area contributed by atoms with Crippen LogP contribution in [0.25, 0.3) is 0 Å². The van der Waals surface area contributed by atoms with Gasteiger partial charge >= 0.3 is 6.03 Å². The lowest BCUT2D eigenvalue weighted by Gasteiger charge is -2.37. The van der Waals surface area contributed by atoms with Gasteiger partial charge in [-0.15, -0.1) is 0 Å². The lowest BCUT2D eigenvalue weighted by atomic mass is 10.0. The molecule has 2 amide bonds. The van der Waals surface area contributed by atoms with Crippen LogP contribution in [0.2, 0.25) is 0 Å². The summed E-state index contributed by atoms with van der Waals surface area (Å²) in [6.45, 7) is 7.05. The molecule has 5 nitrogen and oxygen atoms in total. The van der Waals surface area contributed by atoms with Crippen molar-refractivity contribution in [1.29, 1.82) is 0 Å². The molecule has 0 spiro atoms. The lowest BCUT2D eigenvalue weighted by molar-refractivity contribution is 0.150. The fraction of sp³-hybridized carbons (Fsp3) is 0.533. The Morgan fingerprint density at radius 2 is 2.15 bits per heavy atom. The number of benzene rings is 1. The van der Waals surface area contributed by atoms with Crippen molar-refractivity contribution in [1.82, 2.24) is 4.90 Å². The van der Waals surface area contributed by atoms with Crippen LogP contribution in [0.15, 0.2) is 24.3 Å². The summed E-state index contributed by atoms with van der Waals surface area (Å²) in [6.07, 6.45) is 0.884. The third-order valence-electron chi connectivity index (χ3n) is 3.24. The summed E-state index contributed by atoms with van der Waals surface area (Å²) in [5, 5.41) is 2.89. The lowest BCUT2D eigenvalue weighted by Crippen LogP contribution is -2.54. The molecular weight excluding hydrogens is 254 g/mol. The largest absolute Gasteiger partial charge is 0.497 e. The molecule has 0 aliphatic heterocycles. The van der Waals surface area contributed by atoms with Gasteiger partial charge in [0, 0.05) is 24.8 Å². The van der Waals surface area contributed by atoms with Gasteiger partial charge in [0.15, 0.2) is 0 Å². The van der Waals surface area contributed by atoms with Crippen molar-refractivity contribution >= 4 is 11.7 Å². The van der Waals surface area contributed by atoms with Crippen molar-refractivity contribution in [3.8, 4) is 5.75 Å². The van der Waals surface area contributed by atoms with Crippen LogP contribution in [0.1, 0.15) is 27.2 Å². The Morgan fingerprint density at radius 3 is 2.70 bits per heavy atom. The number of ether oxygens (including phenoxy) is 1. The number of anilines is 1. The molecule has 112 valence electrons. The van der Waals surface area contributed by atoms with Gasteiger partial charge in [-0.3, -0.25) is 0 Å². The Bertz CT molecular complexity index is 446. The molecule has 0 fully saturated rings. The third-order valence-corrected chi connectivity index (χ3v) is 3.24. The SMILES string of the molecule is CCCN(C(=O)Nc1cccc(OC)c1)C(C)(C)CN. The average molecular weight is 279 g/mol. The Morgan fingerprint density at radius 1 is 1.45 bits per heavy atom. The van der Waals surface area contributed by atoms with Crippen molar-refractivity contribution in [2.45, 2.75) is 32.7 Å². The predicted octanol–water partition coefficient (Wildman–Crippen LogP) is 2.68. The number of hydrogen-bond donors (Lipinski definition) is 2. The van der Waals surface area contributed by atoms with Crippen molar-refractivity contribution < 1.29 is 9.53 Å². The first kappa shape index (κ1) is 16.3. The highest BCUT2D eigenvalue weighted by atomic mass is 16.5. The minimum atomic E-state index is -0.376. The van der Waals surface area contributed by atoms with Crippen molar-refractivity contribution in [3.05, 3.63) is 24.3 Å². The summed E-state index contributed by atoms with van der Waals surface area (Å²) >= 11 is 0. The summed E-state index contributed by atoms with van der Waals surface area (Å²) in [6, 6.07) is 7.16. The Balaban J connectivity index is 2.85. The number of nitrogens with two attached hydrogens (primary N) is 1. The molecule has 1 rings (SSSR count). The zero-order valence-electron chi connectivity index (χ0n) is 12.8. The van der Waals surface area contributed by atoms with Crippen LogP contribution >= 0.6 is 0 Å². The van der Waals surface area contributed by atoms with Gasteiger partial charge in [0.25, 0.3) is 0 Å². The average Bonchev–Trinajstić information content (AvgIpc) is 2.44. The van der Waals surface area contributed by atoms with Gasteiger partial charge < -0.3 is 20.7 Å². The van der Waals surface area contributed by atoms with E-state index in [-0.39, 0.29) is 11.6 Å². The molecule has 0 unspecified atom stereocenters. The summed E-state index contributed by atoms with van der Waals surface area (Å²) in [4.78, 5) is 14.2. The molecule has 0 aliphatic carbocycles. The molecule has 0 saturated heterocycles. The maximum Gasteiger partial charge on any atom is 0.322 e. The van der Waals surface area contributed by atoms with E-state index in [1.54, 1.807) is 18.1 Å². The monoisotopic (exact) mass is 279 g/mol. The van der Waals surface area contributed by atoms with Gasteiger partial charge in [-0.05, 0) is 32.4 Å². The standard InChI is InChI=1S/C15H25N3O2/c1-5-9-18(15(2,3)11-16)14(19)17-12-7-6-8-13(10-12)20-4/h6-8,10H,5,9,11,16H2,1-4H3,(H,17,19). The number of amides is 2. The van der Waals surface area contributed by atoms with E-state index in [0.29, 0.717) is 24.5 Å². The molecule has 0 heterocycles. The number of rotatable bonds is 6. The molecule has 0 aromatic heterocycles. The van der Waals surface area contributed by atoms with E-state index in [9.17, 15) is 4.79 Å².